The highest BCUT2D eigenvalue weighted by atomic mass is 32.1. The summed E-state index contributed by atoms with van der Waals surface area (Å²) in [6.07, 6.45) is 2.00. The van der Waals surface area contributed by atoms with Gasteiger partial charge in [0, 0.05) is 22.6 Å². The molecule has 0 unspecified atom stereocenters. The SMILES string of the molecule is Cc1ccc(COc2ccc(-c3csc(CN4CCC(c5cccc(C(=O)O)c5)CC4)n3)cc2)cc1[N+](=O)[O-]. The van der Waals surface area contributed by atoms with E-state index < -0.39 is 5.97 Å². The Morgan fingerprint density at radius 1 is 1.13 bits per heavy atom. The van der Waals surface area contributed by atoms with Crippen molar-refractivity contribution in [3.63, 3.8) is 0 Å². The number of aromatic carboxylic acids is 1. The van der Waals surface area contributed by atoms with E-state index in [0.29, 0.717) is 22.8 Å². The fourth-order valence-electron chi connectivity index (χ4n) is 4.89. The van der Waals surface area contributed by atoms with Crippen molar-refractivity contribution >= 4 is 23.0 Å². The summed E-state index contributed by atoms with van der Waals surface area (Å²) in [5.74, 6) is 0.190. The van der Waals surface area contributed by atoms with Gasteiger partial charge in [0.2, 0.25) is 0 Å². The summed E-state index contributed by atoms with van der Waals surface area (Å²) in [4.78, 5) is 29.3. The van der Waals surface area contributed by atoms with Gasteiger partial charge in [-0.2, -0.15) is 0 Å². The fourth-order valence-corrected chi connectivity index (χ4v) is 5.73. The molecule has 0 amide bonds. The standard InChI is InChI=1S/C30H29N3O5S/c1-20-5-6-21(15-28(20)33(36)37)18-38-26-9-7-23(8-10-26)27-19-39-29(31-27)17-32-13-11-22(12-14-32)24-3-2-4-25(16-24)30(34)35/h2-10,15-16,19,22H,11-14,17-18H2,1H3,(H,34,35). The minimum absolute atomic E-state index is 0.0979. The number of hydrogen-bond donors (Lipinski definition) is 1. The van der Waals surface area contributed by atoms with Crippen LogP contribution >= 0.6 is 11.3 Å². The summed E-state index contributed by atoms with van der Waals surface area (Å²) in [6, 6.07) is 20.2. The number of carboxylic acids is 1. The van der Waals surface area contributed by atoms with Gasteiger partial charge in [-0.15, -0.1) is 11.3 Å². The number of nitrogens with zero attached hydrogens (tertiary/aromatic N) is 3. The molecule has 8 nitrogen and oxygen atoms in total. The smallest absolute Gasteiger partial charge is 0.335 e. The van der Waals surface area contributed by atoms with Gasteiger partial charge in [-0.05, 0) is 86.3 Å². The highest BCUT2D eigenvalue weighted by Gasteiger charge is 2.22. The first-order chi connectivity index (χ1) is 18.9. The first kappa shape index (κ1) is 26.5. The van der Waals surface area contributed by atoms with Crippen LogP contribution < -0.4 is 4.74 Å². The van der Waals surface area contributed by atoms with E-state index in [2.05, 4.69) is 10.3 Å². The van der Waals surface area contributed by atoms with Crippen molar-refractivity contribution in [2.75, 3.05) is 13.1 Å². The zero-order valence-corrected chi connectivity index (χ0v) is 22.4. The molecule has 4 aromatic rings. The van der Waals surface area contributed by atoms with Gasteiger partial charge in [0.05, 0.1) is 22.7 Å². The normalized spacial score (nSPS) is 14.3. The van der Waals surface area contributed by atoms with Crippen molar-refractivity contribution in [1.29, 1.82) is 0 Å². The number of thiazole rings is 1. The Hall–Kier alpha value is -4.08. The van der Waals surface area contributed by atoms with Gasteiger partial charge in [-0.3, -0.25) is 15.0 Å². The summed E-state index contributed by atoms with van der Waals surface area (Å²) in [5, 5.41) is 23.6. The minimum Gasteiger partial charge on any atom is -0.489 e. The maximum absolute atomic E-state index is 11.3. The molecule has 200 valence electrons. The van der Waals surface area contributed by atoms with E-state index in [4.69, 9.17) is 9.72 Å². The average Bonchev–Trinajstić information content (AvgIpc) is 3.41. The molecular weight excluding hydrogens is 514 g/mol. The fraction of sp³-hybridized carbons (Fsp3) is 0.267. The van der Waals surface area contributed by atoms with Crippen LogP contribution in [0.5, 0.6) is 5.75 Å². The van der Waals surface area contributed by atoms with E-state index in [1.54, 1.807) is 42.5 Å². The van der Waals surface area contributed by atoms with Crippen LogP contribution in [-0.2, 0) is 13.2 Å². The van der Waals surface area contributed by atoms with Gasteiger partial charge < -0.3 is 9.84 Å². The van der Waals surface area contributed by atoms with E-state index in [9.17, 15) is 20.0 Å². The van der Waals surface area contributed by atoms with Crippen LogP contribution in [0.4, 0.5) is 5.69 Å². The van der Waals surface area contributed by atoms with Crippen LogP contribution in [-0.4, -0.2) is 39.0 Å². The van der Waals surface area contributed by atoms with Crippen LogP contribution in [0.15, 0.2) is 72.1 Å². The number of hydrogen-bond acceptors (Lipinski definition) is 7. The number of nitro groups is 1. The molecule has 9 heteroatoms. The second-order valence-electron chi connectivity index (χ2n) is 9.80. The van der Waals surface area contributed by atoms with Crippen LogP contribution in [0.1, 0.15) is 50.8 Å². The predicted octanol–water partition coefficient (Wildman–Crippen LogP) is 6.68. The van der Waals surface area contributed by atoms with Gasteiger partial charge in [-0.1, -0.05) is 24.3 Å². The number of ether oxygens (including phenoxy) is 1. The van der Waals surface area contributed by atoms with Gasteiger partial charge in [0.15, 0.2) is 0 Å². The second kappa shape index (κ2) is 11.8. The summed E-state index contributed by atoms with van der Waals surface area (Å²) in [5.41, 5.74) is 4.87. The topological polar surface area (TPSA) is 106 Å². The third-order valence-electron chi connectivity index (χ3n) is 7.13. The molecule has 1 N–H and O–H groups in total. The number of benzene rings is 3. The average molecular weight is 544 g/mol. The largest absolute Gasteiger partial charge is 0.489 e. The predicted molar refractivity (Wildman–Crippen MR) is 150 cm³/mol. The van der Waals surface area contributed by atoms with Gasteiger partial charge >= 0.3 is 5.97 Å². The summed E-state index contributed by atoms with van der Waals surface area (Å²) < 4.78 is 5.85. The molecule has 0 bridgehead atoms. The van der Waals surface area contributed by atoms with Gasteiger partial charge in [0.25, 0.3) is 5.69 Å². The van der Waals surface area contributed by atoms with Crippen LogP contribution in [0.25, 0.3) is 11.3 Å². The van der Waals surface area contributed by atoms with E-state index in [-0.39, 0.29) is 17.2 Å². The molecule has 1 fully saturated rings. The lowest BCUT2D eigenvalue weighted by atomic mass is 9.88. The third-order valence-corrected chi connectivity index (χ3v) is 7.96. The lowest BCUT2D eigenvalue weighted by molar-refractivity contribution is -0.385. The summed E-state index contributed by atoms with van der Waals surface area (Å²) >= 11 is 1.65. The van der Waals surface area contributed by atoms with Crippen molar-refractivity contribution < 1.29 is 19.6 Å². The molecule has 1 aliphatic heterocycles. The quantitative estimate of drug-likeness (QED) is 0.185. The van der Waals surface area contributed by atoms with Crippen LogP contribution in [0.3, 0.4) is 0 Å². The van der Waals surface area contributed by atoms with Crippen molar-refractivity contribution in [3.05, 3.63) is 109 Å². The van der Waals surface area contributed by atoms with Crippen molar-refractivity contribution in [2.24, 2.45) is 0 Å². The first-order valence-corrected chi connectivity index (χ1v) is 13.7. The highest BCUT2D eigenvalue weighted by Crippen LogP contribution is 2.31. The number of likely N-dealkylation sites (tertiary alicyclic amines) is 1. The monoisotopic (exact) mass is 543 g/mol. The Morgan fingerprint density at radius 2 is 1.90 bits per heavy atom. The van der Waals surface area contributed by atoms with Crippen LogP contribution in [0, 0.1) is 17.0 Å². The Kier molecular flexibility index (Phi) is 7.99. The van der Waals surface area contributed by atoms with E-state index >= 15 is 0 Å². The number of rotatable bonds is 9. The van der Waals surface area contributed by atoms with Crippen molar-refractivity contribution in [1.82, 2.24) is 9.88 Å². The molecule has 1 saturated heterocycles. The number of aromatic nitrogens is 1. The second-order valence-corrected chi connectivity index (χ2v) is 10.7. The van der Waals surface area contributed by atoms with E-state index in [1.807, 2.05) is 42.5 Å². The van der Waals surface area contributed by atoms with Crippen molar-refractivity contribution in [3.8, 4) is 17.0 Å². The Labute approximate surface area is 230 Å². The molecule has 1 aromatic heterocycles. The maximum Gasteiger partial charge on any atom is 0.335 e. The molecule has 1 aliphatic rings. The molecule has 0 spiro atoms. The molecule has 3 aromatic carbocycles. The Bertz CT molecular complexity index is 1480. The number of carboxylic acid groups (broad SMARTS) is 1. The third kappa shape index (κ3) is 6.50. The van der Waals surface area contributed by atoms with Crippen LogP contribution in [0.2, 0.25) is 0 Å². The lowest BCUT2D eigenvalue weighted by Gasteiger charge is -2.31. The number of aryl methyl sites for hydroxylation is 1. The summed E-state index contributed by atoms with van der Waals surface area (Å²) in [6.45, 7) is 4.68. The zero-order chi connectivity index (χ0) is 27.4. The summed E-state index contributed by atoms with van der Waals surface area (Å²) in [7, 11) is 0. The molecule has 0 saturated carbocycles. The molecule has 0 radical (unpaired) electrons. The first-order valence-electron chi connectivity index (χ1n) is 12.8. The lowest BCUT2D eigenvalue weighted by Crippen LogP contribution is -2.32. The number of carbonyl (C=O) groups is 1. The Morgan fingerprint density at radius 3 is 2.62 bits per heavy atom. The molecular formula is C30H29N3O5S. The van der Waals surface area contributed by atoms with E-state index in [0.717, 1.165) is 59.9 Å². The maximum atomic E-state index is 11.3. The van der Waals surface area contributed by atoms with Crippen molar-refractivity contribution in [2.45, 2.75) is 38.8 Å². The zero-order valence-electron chi connectivity index (χ0n) is 21.6. The number of nitro benzene ring substituents is 1. The highest BCUT2D eigenvalue weighted by molar-refractivity contribution is 7.09. The minimum atomic E-state index is -0.883. The van der Waals surface area contributed by atoms with Gasteiger partial charge in [0.1, 0.15) is 17.4 Å². The molecule has 5 rings (SSSR count). The molecule has 0 aliphatic carbocycles. The Balaban J connectivity index is 1.13. The molecule has 0 atom stereocenters. The molecule has 2 heterocycles. The molecule has 39 heavy (non-hydrogen) atoms. The number of piperidine rings is 1. The van der Waals surface area contributed by atoms with Gasteiger partial charge in [-0.25, -0.2) is 9.78 Å². The van der Waals surface area contributed by atoms with E-state index in [1.165, 1.54) is 0 Å².